The lowest BCUT2D eigenvalue weighted by molar-refractivity contribution is 0.641. The van der Waals surface area contributed by atoms with Crippen molar-refractivity contribution in [2.45, 2.75) is 38.5 Å². The molecular weight excluding hydrogens is 416 g/mol. The second-order valence-electron chi connectivity index (χ2n) is 9.74. The van der Waals surface area contributed by atoms with Crippen molar-refractivity contribution in [3.05, 3.63) is 119 Å². The fourth-order valence-electron chi connectivity index (χ4n) is 3.99. The van der Waals surface area contributed by atoms with Crippen molar-refractivity contribution in [3.63, 3.8) is 0 Å². The first-order valence-corrected chi connectivity index (χ1v) is 11.4. The van der Waals surface area contributed by atoms with Crippen molar-refractivity contribution < 1.29 is 0 Å². The van der Waals surface area contributed by atoms with Crippen molar-refractivity contribution in [3.8, 4) is 0 Å². The quantitative estimate of drug-likeness (QED) is 0.271. The van der Waals surface area contributed by atoms with Crippen LogP contribution in [0.15, 0.2) is 97.1 Å². The Balaban J connectivity index is 0.000000191. The largest absolute Gasteiger partial charge is 0.399 e. The van der Waals surface area contributed by atoms with E-state index in [0.717, 1.165) is 22.7 Å². The third-order valence-corrected chi connectivity index (χ3v) is 6.48. The minimum atomic E-state index is -0.0925. The molecule has 34 heavy (non-hydrogen) atoms. The maximum Gasteiger partial charge on any atom is 0.0317 e. The summed E-state index contributed by atoms with van der Waals surface area (Å²) in [7, 11) is 0. The molecule has 0 saturated carbocycles. The van der Waals surface area contributed by atoms with Gasteiger partial charge in [0, 0.05) is 33.6 Å². The summed E-state index contributed by atoms with van der Waals surface area (Å²) in [6, 6.07) is 32.1. The smallest absolute Gasteiger partial charge is 0.0317 e. The Morgan fingerprint density at radius 3 is 1.03 bits per heavy atom. The van der Waals surface area contributed by atoms with Gasteiger partial charge in [-0.15, -0.1) is 0 Å². The fraction of sp³-hybridized carbons (Fsp3) is 0.200. The number of hydrogen-bond acceptors (Lipinski definition) is 4. The zero-order valence-electron chi connectivity index (χ0n) is 20.5. The van der Waals surface area contributed by atoms with Gasteiger partial charge in [0.15, 0.2) is 0 Å². The van der Waals surface area contributed by atoms with E-state index in [0.29, 0.717) is 0 Å². The van der Waals surface area contributed by atoms with Gasteiger partial charge in [0.25, 0.3) is 0 Å². The highest BCUT2D eigenvalue weighted by Gasteiger charge is 2.23. The number of benzene rings is 4. The van der Waals surface area contributed by atoms with Crippen LogP contribution < -0.4 is 22.9 Å². The molecule has 0 saturated heterocycles. The molecule has 176 valence electrons. The minimum Gasteiger partial charge on any atom is -0.399 e. The van der Waals surface area contributed by atoms with E-state index in [4.69, 9.17) is 22.9 Å². The van der Waals surface area contributed by atoms with Gasteiger partial charge in [0.05, 0.1) is 0 Å². The SMILES string of the molecule is CC(C)(c1ccc(N)cc1)c1ccc(N)cc1.CC(C)(c1cccc(N)c1)c1cccc(N)c1. The van der Waals surface area contributed by atoms with E-state index < -0.39 is 0 Å². The van der Waals surface area contributed by atoms with Crippen LogP contribution in [0.25, 0.3) is 0 Å². The predicted octanol–water partition coefficient (Wildman–Crippen LogP) is 6.35. The summed E-state index contributed by atoms with van der Waals surface area (Å²) in [6.07, 6.45) is 0. The Morgan fingerprint density at radius 2 is 0.706 bits per heavy atom. The Kier molecular flexibility index (Phi) is 7.21. The lowest BCUT2D eigenvalue weighted by Crippen LogP contribution is -2.19. The van der Waals surface area contributed by atoms with Crippen LogP contribution in [-0.4, -0.2) is 0 Å². The van der Waals surface area contributed by atoms with Crippen LogP contribution in [-0.2, 0) is 10.8 Å². The van der Waals surface area contributed by atoms with E-state index in [2.05, 4.69) is 64.1 Å². The average Bonchev–Trinajstić information content (AvgIpc) is 2.80. The predicted molar refractivity (Wildman–Crippen MR) is 148 cm³/mol. The third kappa shape index (κ3) is 5.70. The number of hydrogen-bond donors (Lipinski definition) is 4. The molecule has 0 amide bonds. The Bertz CT molecular complexity index is 1130. The van der Waals surface area contributed by atoms with Gasteiger partial charge in [-0.3, -0.25) is 0 Å². The Hall–Kier alpha value is -3.92. The Morgan fingerprint density at radius 1 is 0.382 bits per heavy atom. The maximum atomic E-state index is 5.84. The van der Waals surface area contributed by atoms with E-state index in [1.807, 2.05) is 60.7 Å². The molecule has 0 atom stereocenters. The van der Waals surface area contributed by atoms with E-state index in [1.165, 1.54) is 22.3 Å². The second kappa shape index (κ2) is 9.92. The van der Waals surface area contributed by atoms with Crippen molar-refractivity contribution in [2.75, 3.05) is 22.9 Å². The summed E-state index contributed by atoms with van der Waals surface area (Å²) in [5.74, 6) is 0. The number of nitrogen functional groups attached to an aromatic ring is 4. The molecule has 0 aliphatic carbocycles. The van der Waals surface area contributed by atoms with E-state index in [1.54, 1.807) is 0 Å². The van der Waals surface area contributed by atoms with Gasteiger partial charge in [-0.2, -0.15) is 0 Å². The van der Waals surface area contributed by atoms with Crippen LogP contribution in [0, 0.1) is 0 Å². The van der Waals surface area contributed by atoms with Crippen LogP contribution in [0.2, 0.25) is 0 Å². The first kappa shape index (κ1) is 24.7. The molecular formula is C30H36N4. The molecule has 4 heteroatoms. The van der Waals surface area contributed by atoms with Gasteiger partial charge in [-0.05, 0) is 70.8 Å². The summed E-state index contributed by atoms with van der Waals surface area (Å²) in [5.41, 5.74) is 31.0. The third-order valence-electron chi connectivity index (χ3n) is 6.48. The molecule has 0 heterocycles. The standard InChI is InChI=1S/2C15H18N2/c1-15(2,11-3-7-13(16)8-4-11)12-5-9-14(17)10-6-12;1-15(2,11-5-3-7-13(16)9-11)12-6-4-8-14(17)10-12/h2*3-10H,16-17H2,1-2H3. The van der Waals surface area contributed by atoms with Gasteiger partial charge in [0.1, 0.15) is 0 Å². The van der Waals surface area contributed by atoms with Crippen LogP contribution >= 0.6 is 0 Å². The first-order chi connectivity index (χ1) is 16.0. The summed E-state index contributed by atoms with van der Waals surface area (Å²) in [5, 5.41) is 0. The average molecular weight is 453 g/mol. The summed E-state index contributed by atoms with van der Waals surface area (Å²) >= 11 is 0. The molecule has 0 fully saturated rings. The molecule has 0 unspecified atom stereocenters. The second-order valence-corrected chi connectivity index (χ2v) is 9.74. The zero-order valence-corrected chi connectivity index (χ0v) is 20.5. The summed E-state index contributed by atoms with van der Waals surface area (Å²) in [4.78, 5) is 0. The first-order valence-electron chi connectivity index (χ1n) is 11.4. The van der Waals surface area contributed by atoms with Crippen molar-refractivity contribution in [1.29, 1.82) is 0 Å². The maximum absolute atomic E-state index is 5.84. The highest BCUT2D eigenvalue weighted by atomic mass is 14.6. The van der Waals surface area contributed by atoms with Crippen molar-refractivity contribution in [2.24, 2.45) is 0 Å². The molecule has 4 aromatic carbocycles. The molecule has 0 aromatic heterocycles. The lowest BCUT2D eigenvalue weighted by atomic mass is 9.78. The molecule has 0 aliphatic heterocycles. The van der Waals surface area contributed by atoms with Crippen molar-refractivity contribution in [1.82, 2.24) is 0 Å². The highest BCUT2D eigenvalue weighted by molar-refractivity contribution is 5.51. The summed E-state index contributed by atoms with van der Waals surface area (Å²) in [6.45, 7) is 8.75. The topological polar surface area (TPSA) is 104 Å². The summed E-state index contributed by atoms with van der Waals surface area (Å²) < 4.78 is 0. The normalized spacial score (nSPS) is 11.4. The number of anilines is 4. The number of rotatable bonds is 4. The van der Waals surface area contributed by atoms with E-state index >= 15 is 0 Å². The number of nitrogens with two attached hydrogens (primary N) is 4. The molecule has 8 N–H and O–H groups in total. The fourth-order valence-corrected chi connectivity index (χ4v) is 3.99. The van der Waals surface area contributed by atoms with Crippen LogP contribution in [0.1, 0.15) is 49.9 Å². The van der Waals surface area contributed by atoms with Crippen molar-refractivity contribution >= 4 is 22.7 Å². The lowest BCUT2D eigenvalue weighted by Gasteiger charge is -2.26. The molecule has 0 radical (unpaired) electrons. The zero-order chi connectivity index (χ0) is 24.9. The minimum absolute atomic E-state index is 0.0403. The molecule has 0 bridgehead atoms. The van der Waals surface area contributed by atoms with Gasteiger partial charge in [0.2, 0.25) is 0 Å². The molecule has 0 aliphatic rings. The van der Waals surface area contributed by atoms with Crippen LogP contribution in [0.3, 0.4) is 0 Å². The van der Waals surface area contributed by atoms with Crippen LogP contribution in [0.5, 0.6) is 0 Å². The molecule has 4 rings (SSSR count). The highest BCUT2D eigenvalue weighted by Crippen LogP contribution is 2.33. The van der Waals surface area contributed by atoms with Gasteiger partial charge >= 0.3 is 0 Å². The Labute approximate surface area is 203 Å². The molecule has 4 aromatic rings. The molecule has 4 nitrogen and oxygen atoms in total. The monoisotopic (exact) mass is 452 g/mol. The van der Waals surface area contributed by atoms with E-state index in [-0.39, 0.29) is 10.8 Å². The molecule has 0 spiro atoms. The van der Waals surface area contributed by atoms with Crippen LogP contribution in [0.4, 0.5) is 22.7 Å². The van der Waals surface area contributed by atoms with Gasteiger partial charge in [-0.1, -0.05) is 76.2 Å². The van der Waals surface area contributed by atoms with Gasteiger partial charge in [-0.25, -0.2) is 0 Å². The van der Waals surface area contributed by atoms with Gasteiger partial charge < -0.3 is 22.9 Å². The van der Waals surface area contributed by atoms with E-state index in [9.17, 15) is 0 Å².